The number of aromatic nitrogens is 3. The van der Waals surface area contributed by atoms with E-state index in [4.69, 9.17) is 48.7 Å². The van der Waals surface area contributed by atoms with Crippen molar-refractivity contribution in [3.63, 3.8) is 0 Å². The molecule has 2 aromatic heterocycles. The first-order chi connectivity index (χ1) is 12.1. The van der Waals surface area contributed by atoms with Crippen LogP contribution in [0.2, 0.25) is 0 Å². The minimum Gasteiger partial charge on any atom is -0.398 e. The third-order valence-electron chi connectivity index (χ3n) is 2.74. The standard InChI is InChI=1S/C12H15N5.2ClHO4/c1-9-15-12(14)10(7-16(9)2)8-17-5-3-11(13)4-6-17;2*2-1(3,4)5/h3-7,13-14H,8H2,1-2H3;2*(H,2,3,4,5). The maximum absolute atomic E-state index is 8.49. The van der Waals surface area contributed by atoms with Gasteiger partial charge in [-0.15, -0.1) is 20.5 Å². The molecule has 0 aliphatic rings. The highest BCUT2D eigenvalue weighted by Crippen LogP contribution is 2.05. The minimum absolute atomic E-state index is 0.574. The van der Waals surface area contributed by atoms with Gasteiger partial charge in [0.25, 0.3) is 11.6 Å². The van der Waals surface area contributed by atoms with E-state index in [-0.39, 0.29) is 0 Å². The van der Waals surface area contributed by atoms with Gasteiger partial charge in [-0.05, 0) is 4.98 Å². The van der Waals surface area contributed by atoms with Gasteiger partial charge in [-0.1, -0.05) is 0 Å². The summed E-state index contributed by atoms with van der Waals surface area (Å²) in [6.45, 7) is 2.61. The third-order valence-corrected chi connectivity index (χ3v) is 2.74. The summed E-state index contributed by atoms with van der Waals surface area (Å²) in [4.78, 5) is 4.29. The Labute approximate surface area is 158 Å². The molecule has 0 aromatic carbocycles. The predicted octanol–water partition coefficient (Wildman–Crippen LogP) is -9.80. The molecular formula is C12H17Cl2N5O8. The average Bonchev–Trinajstić information content (AvgIpc) is 2.43. The summed E-state index contributed by atoms with van der Waals surface area (Å²) in [6, 6.07) is 3.72. The molecule has 0 saturated carbocycles. The summed E-state index contributed by atoms with van der Waals surface area (Å²) in [7, 11) is -7.93. The van der Waals surface area contributed by atoms with Crippen LogP contribution >= 0.6 is 0 Å². The Morgan fingerprint density at radius 3 is 1.74 bits per heavy atom. The summed E-state index contributed by atoms with van der Waals surface area (Å²) in [6.07, 6.45) is 5.85. The topological polar surface area (TPSA) is 257 Å². The van der Waals surface area contributed by atoms with E-state index in [9.17, 15) is 0 Å². The van der Waals surface area contributed by atoms with Crippen LogP contribution in [0.3, 0.4) is 0 Å². The van der Waals surface area contributed by atoms with Crippen LogP contribution in [-0.4, -0.2) is 4.98 Å². The van der Waals surface area contributed by atoms with Crippen LogP contribution in [0.4, 0.5) is 11.5 Å². The second kappa shape index (κ2) is 10.4. The summed E-state index contributed by atoms with van der Waals surface area (Å²) in [5.74, 6) is 1.47. The van der Waals surface area contributed by atoms with Gasteiger partial charge in [-0.2, -0.15) is 0 Å². The fourth-order valence-electron chi connectivity index (χ4n) is 1.61. The van der Waals surface area contributed by atoms with E-state index in [1.54, 1.807) is 0 Å². The van der Waals surface area contributed by atoms with Crippen molar-refractivity contribution in [2.75, 3.05) is 11.5 Å². The summed E-state index contributed by atoms with van der Waals surface area (Å²) < 4.78 is 71.9. The maximum Gasteiger partial charge on any atom is 0.297 e. The molecular weight excluding hydrogens is 413 g/mol. The largest absolute Gasteiger partial charge is 0.398 e. The number of hydrogen-bond acceptors (Lipinski definition) is 11. The minimum atomic E-state index is -4.94. The monoisotopic (exact) mass is 429 g/mol. The van der Waals surface area contributed by atoms with Crippen molar-refractivity contribution in [2.24, 2.45) is 7.05 Å². The lowest BCUT2D eigenvalue weighted by Gasteiger charge is -2.17. The predicted molar refractivity (Wildman–Crippen MR) is 64.7 cm³/mol. The van der Waals surface area contributed by atoms with E-state index in [2.05, 4.69) is 4.98 Å². The van der Waals surface area contributed by atoms with Crippen LogP contribution in [0.15, 0.2) is 30.7 Å². The fraction of sp³-hybridized carbons (Fsp3) is 0.250. The molecule has 0 unspecified atom stereocenters. The van der Waals surface area contributed by atoms with Gasteiger partial charge < -0.3 is 11.5 Å². The highest BCUT2D eigenvalue weighted by atomic mass is 35.7. The average molecular weight is 430 g/mol. The molecule has 0 amide bonds. The number of nitrogens with two attached hydrogens (primary N) is 2. The van der Waals surface area contributed by atoms with Crippen LogP contribution in [0.5, 0.6) is 0 Å². The van der Waals surface area contributed by atoms with Crippen molar-refractivity contribution in [1.29, 1.82) is 0 Å². The zero-order valence-corrected chi connectivity index (χ0v) is 15.6. The van der Waals surface area contributed by atoms with E-state index < -0.39 is 20.5 Å². The Balaban J connectivity index is 0.000000563. The Bertz CT molecular complexity index is 697. The lowest BCUT2D eigenvalue weighted by Crippen LogP contribution is -2.68. The van der Waals surface area contributed by atoms with Gasteiger partial charge in [0.05, 0.1) is 7.05 Å². The molecule has 0 aliphatic heterocycles. The van der Waals surface area contributed by atoms with Crippen molar-refractivity contribution >= 4 is 11.5 Å². The van der Waals surface area contributed by atoms with Gasteiger partial charge in [-0.25, -0.2) is 46.4 Å². The van der Waals surface area contributed by atoms with Gasteiger partial charge in [0.15, 0.2) is 18.9 Å². The van der Waals surface area contributed by atoms with Crippen LogP contribution in [-0.2, 0) is 13.6 Å². The van der Waals surface area contributed by atoms with E-state index in [1.165, 1.54) is 0 Å². The van der Waals surface area contributed by atoms with Crippen LogP contribution in [0.25, 0.3) is 0 Å². The van der Waals surface area contributed by atoms with E-state index >= 15 is 0 Å². The van der Waals surface area contributed by atoms with Crippen molar-refractivity contribution in [1.82, 2.24) is 4.98 Å². The molecule has 0 saturated heterocycles. The van der Waals surface area contributed by atoms with Gasteiger partial charge in [-0.3, -0.25) is 0 Å². The molecule has 0 spiro atoms. The molecule has 2 rings (SSSR count). The highest BCUT2D eigenvalue weighted by Gasteiger charge is 2.15. The molecule has 2 heterocycles. The maximum atomic E-state index is 8.49. The van der Waals surface area contributed by atoms with E-state index in [0.717, 1.165) is 17.1 Å². The Kier molecular flexibility index (Phi) is 9.69. The fourth-order valence-corrected chi connectivity index (χ4v) is 1.61. The van der Waals surface area contributed by atoms with Crippen molar-refractivity contribution in [3.8, 4) is 0 Å². The molecule has 2 aromatic rings. The van der Waals surface area contributed by atoms with Crippen LogP contribution in [0, 0.1) is 27.4 Å². The molecule has 0 fully saturated rings. The quantitative estimate of drug-likeness (QED) is 0.423. The zero-order chi connectivity index (χ0) is 21.4. The lowest BCUT2D eigenvalue weighted by molar-refractivity contribution is -2.00. The van der Waals surface area contributed by atoms with Crippen LogP contribution in [0.1, 0.15) is 11.4 Å². The Morgan fingerprint density at radius 2 is 1.33 bits per heavy atom. The molecule has 152 valence electrons. The second-order valence-electron chi connectivity index (χ2n) is 4.87. The van der Waals surface area contributed by atoms with Gasteiger partial charge in [0, 0.05) is 24.7 Å². The SMILES string of the molecule is Cc1nc(N)c(C[n+]2ccc(N)cc2)c[n+]1C.[O-][Cl+3]([O-])([O-])[O-].[O-][Cl+3]([O-])([O-])[O-]. The molecule has 0 aliphatic carbocycles. The van der Waals surface area contributed by atoms with Crippen LogP contribution < -0.4 is 57.9 Å². The third kappa shape index (κ3) is 14.9. The Morgan fingerprint density at radius 1 is 0.926 bits per heavy atom. The highest BCUT2D eigenvalue weighted by molar-refractivity contribution is 5.35. The molecule has 4 N–H and O–H groups in total. The first-order valence-corrected chi connectivity index (χ1v) is 9.13. The number of nitrogen functional groups attached to an aromatic ring is 2. The smallest absolute Gasteiger partial charge is 0.297 e. The van der Waals surface area contributed by atoms with E-state index in [1.807, 2.05) is 53.8 Å². The van der Waals surface area contributed by atoms with Gasteiger partial charge in [0.2, 0.25) is 0 Å². The van der Waals surface area contributed by atoms with E-state index in [0.29, 0.717) is 12.4 Å². The summed E-state index contributed by atoms with van der Waals surface area (Å²) in [5, 5.41) is 0. The van der Waals surface area contributed by atoms with Crippen molar-refractivity contribution in [2.45, 2.75) is 13.5 Å². The first kappa shape index (κ1) is 25.1. The van der Waals surface area contributed by atoms with Crippen molar-refractivity contribution in [3.05, 3.63) is 42.1 Å². The zero-order valence-electron chi connectivity index (χ0n) is 14.1. The number of halogens is 2. The lowest BCUT2D eigenvalue weighted by atomic mass is 10.3. The molecule has 27 heavy (non-hydrogen) atoms. The number of aryl methyl sites for hydroxylation is 2. The van der Waals surface area contributed by atoms with Crippen molar-refractivity contribution < 1.29 is 66.9 Å². The number of hydrogen-bond donors (Lipinski definition) is 2. The van der Waals surface area contributed by atoms with Gasteiger partial charge >= 0.3 is 0 Å². The summed E-state index contributed by atoms with van der Waals surface area (Å²) >= 11 is 0. The number of anilines is 2. The summed E-state index contributed by atoms with van der Waals surface area (Å²) in [5.41, 5.74) is 13.3. The van der Waals surface area contributed by atoms with Gasteiger partial charge in [0.1, 0.15) is 11.8 Å². The molecule has 15 heteroatoms. The number of pyridine rings is 1. The Hall–Kier alpha value is -1.91. The molecule has 0 atom stereocenters. The normalized spacial score (nSPS) is 11.0. The molecule has 0 radical (unpaired) electrons. The first-order valence-electron chi connectivity index (χ1n) is 6.66. The number of rotatable bonds is 2. The number of nitrogens with zero attached hydrogens (tertiary/aromatic N) is 3. The second-order valence-corrected chi connectivity index (χ2v) is 6.38. The molecule has 0 bridgehead atoms. The molecule has 13 nitrogen and oxygen atoms in total.